The van der Waals surface area contributed by atoms with Gasteiger partial charge in [0.1, 0.15) is 0 Å². The molecule has 1 aliphatic carbocycles. The molecule has 0 spiro atoms. The maximum absolute atomic E-state index is 14.0. The lowest BCUT2D eigenvalue weighted by molar-refractivity contribution is 0.357. The molecule has 0 bridgehead atoms. The molecule has 2 aromatic carbocycles. The molecule has 0 amide bonds. The summed E-state index contributed by atoms with van der Waals surface area (Å²) in [6.45, 7) is 0. The third-order valence-electron chi connectivity index (χ3n) is 3.95. The lowest BCUT2D eigenvalue weighted by atomic mass is 10.3. The summed E-state index contributed by atoms with van der Waals surface area (Å²) in [5.41, 5.74) is -0.334. The van der Waals surface area contributed by atoms with Crippen molar-refractivity contribution in [2.45, 2.75) is 23.8 Å². The van der Waals surface area contributed by atoms with E-state index in [2.05, 4.69) is 0 Å². The standard InChI is InChI=1S/C16H11F6NO3S/c1-26-10-5-4-8(6-9(10)17)23(7-2-3-7)27(24,25)16-14(21)12(19)11(18)13(20)15(16)22/h4-7H,2-3H2,1H3. The topological polar surface area (TPSA) is 46.6 Å². The van der Waals surface area contributed by atoms with Crippen LogP contribution in [0, 0.1) is 34.9 Å². The number of halogens is 6. The van der Waals surface area contributed by atoms with E-state index < -0.39 is 55.9 Å². The summed E-state index contributed by atoms with van der Waals surface area (Å²) in [4.78, 5) is -1.98. The van der Waals surface area contributed by atoms with E-state index in [4.69, 9.17) is 4.74 Å². The van der Waals surface area contributed by atoms with E-state index in [1.54, 1.807) is 0 Å². The van der Waals surface area contributed by atoms with Gasteiger partial charge in [-0.1, -0.05) is 0 Å². The molecule has 0 N–H and O–H groups in total. The number of ether oxygens (including phenoxy) is 1. The van der Waals surface area contributed by atoms with Gasteiger partial charge < -0.3 is 4.74 Å². The largest absolute Gasteiger partial charge is 0.494 e. The minimum atomic E-state index is -5.22. The van der Waals surface area contributed by atoms with Crippen LogP contribution in [-0.4, -0.2) is 21.6 Å². The smallest absolute Gasteiger partial charge is 0.270 e. The third kappa shape index (κ3) is 3.09. The van der Waals surface area contributed by atoms with Crippen LogP contribution >= 0.6 is 0 Å². The van der Waals surface area contributed by atoms with E-state index >= 15 is 0 Å². The van der Waals surface area contributed by atoms with Crippen LogP contribution in [0.3, 0.4) is 0 Å². The Labute approximate surface area is 150 Å². The maximum atomic E-state index is 14.0. The normalized spacial score (nSPS) is 14.3. The number of benzene rings is 2. The summed E-state index contributed by atoms with van der Waals surface area (Å²) in [5.74, 6) is -13.4. The van der Waals surface area contributed by atoms with Crippen LogP contribution in [0.2, 0.25) is 0 Å². The van der Waals surface area contributed by atoms with Crippen molar-refractivity contribution >= 4 is 15.7 Å². The molecule has 27 heavy (non-hydrogen) atoms. The maximum Gasteiger partial charge on any atom is 0.270 e. The lowest BCUT2D eigenvalue weighted by Crippen LogP contribution is -2.35. The van der Waals surface area contributed by atoms with Gasteiger partial charge in [-0.3, -0.25) is 4.31 Å². The number of sulfonamides is 1. The summed E-state index contributed by atoms with van der Waals surface area (Å²) in [6.07, 6.45) is 0.532. The molecule has 0 radical (unpaired) electrons. The number of anilines is 1. The van der Waals surface area contributed by atoms with Crippen molar-refractivity contribution in [3.05, 3.63) is 53.1 Å². The monoisotopic (exact) mass is 411 g/mol. The predicted octanol–water partition coefficient (Wildman–Crippen LogP) is 3.89. The van der Waals surface area contributed by atoms with Gasteiger partial charge >= 0.3 is 0 Å². The number of hydrogen-bond acceptors (Lipinski definition) is 3. The summed E-state index contributed by atoms with van der Waals surface area (Å²) < 4.78 is 113. The first-order valence-corrected chi connectivity index (χ1v) is 8.94. The Morgan fingerprint density at radius 3 is 1.89 bits per heavy atom. The van der Waals surface area contributed by atoms with E-state index in [1.165, 1.54) is 7.11 Å². The molecule has 1 aliphatic rings. The van der Waals surface area contributed by atoms with Gasteiger partial charge in [-0.25, -0.2) is 34.8 Å². The van der Waals surface area contributed by atoms with Crippen LogP contribution in [0.5, 0.6) is 5.75 Å². The van der Waals surface area contributed by atoms with E-state index in [-0.39, 0.29) is 24.3 Å². The predicted molar refractivity (Wildman–Crippen MR) is 81.9 cm³/mol. The molecule has 0 aromatic heterocycles. The lowest BCUT2D eigenvalue weighted by Gasteiger charge is -2.25. The summed E-state index contributed by atoms with van der Waals surface area (Å²) in [7, 11) is -4.05. The Morgan fingerprint density at radius 1 is 0.926 bits per heavy atom. The Hall–Kier alpha value is -2.43. The van der Waals surface area contributed by atoms with E-state index in [0.717, 1.165) is 18.2 Å². The zero-order valence-electron chi connectivity index (χ0n) is 13.6. The SMILES string of the molecule is COc1ccc(N(C2CC2)S(=O)(=O)c2c(F)c(F)c(F)c(F)c2F)cc1F. The highest BCUT2D eigenvalue weighted by atomic mass is 32.2. The molecular weight excluding hydrogens is 400 g/mol. The molecule has 0 atom stereocenters. The molecule has 11 heteroatoms. The van der Waals surface area contributed by atoms with Crippen LogP contribution in [0.1, 0.15) is 12.8 Å². The molecule has 4 nitrogen and oxygen atoms in total. The summed E-state index contributed by atoms with van der Waals surface area (Å²) in [6, 6.07) is 2.11. The number of hydrogen-bond donors (Lipinski definition) is 0. The van der Waals surface area contributed by atoms with Crippen LogP contribution in [0.4, 0.5) is 32.0 Å². The quantitative estimate of drug-likeness (QED) is 0.426. The fourth-order valence-electron chi connectivity index (χ4n) is 2.56. The van der Waals surface area contributed by atoms with Gasteiger partial charge in [0, 0.05) is 12.1 Å². The molecule has 2 aromatic rings. The fraction of sp³-hybridized carbons (Fsp3) is 0.250. The molecule has 0 heterocycles. The second-order valence-corrected chi connectivity index (χ2v) is 7.50. The van der Waals surface area contributed by atoms with Crippen molar-refractivity contribution in [1.82, 2.24) is 0 Å². The molecule has 0 unspecified atom stereocenters. The summed E-state index contributed by atoms with van der Waals surface area (Å²) in [5, 5.41) is 0. The van der Waals surface area contributed by atoms with Crippen molar-refractivity contribution in [1.29, 1.82) is 0 Å². The number of nitrogens with zero attached hydrogens (tertiary/aromatic N) is 1. The van der Waals surface area contributed by atoms with Crippen molar-refractivity contribution in [2.75, 3.05) is 11.4 Å². The van der Waals surface area contributed by atoms with Crippen molar-refractivity contribution in [2.24, 2.45) is 0 Å². The second kappa shape index (κ2) is 6.63. The second-order valence-electron chi connectivity index (χ2n) is 5.75. The first kappa shape index (κ1) is 19.3. The van der Waals surface area contributed by atoms with E-state index in [1.807, 2.05) is 0 Å². The Balaban J connectivity index is 2.22. The zero-order chi connectivity index (χ0) is 20.1. The first-order chi connectivity index (χ1) is 12.6. The third-order valence-corrected chi connectivity index (χ3v) is 5.86. The van der Waals surface area contributed by atoms with E-state index in [9.17, 15) is 34.8 Å². The van der Waals surface area contributed by atoms with Gasteiger partial charge in [-0.05, 0) is 25.0 Å². The minimum absolute atomic E-state index is 0.219. The molecular formula is C16H11F6NO3S. The number of rotatable bonds is 5. The molecule has 0 saturated heterocycles. The van der Waals surface area contributed by atoms with Crippen molar-refractivity contribution in [3.8, 4) is 5.75 Å². The molecule has 0 aliphatic heterocycles. The van der Waals surface area contributed by atoms with Crippen LogP contribution in [0.25, 0.3) is 0 Å². The highest BCUT2D eigenvalue weighted by Crippen LogP contribution is 2.40. The highest BCUT2D eigenvalue weighted by molar-refractivity contribution is 7.92. The minimum Gasteiger partial charge on any atom is -0.494 e. The molecule has 1 fully saturated rings. The highest BCUT2D eigenvalue weighted by Gasteiger charge is 2.43. The molecule has 146 valence electrons. The summed E-state index contributed by atoms with van der Waals surface area (Å²) >= 11 is 0. The molecule has 3 rings (SSSR count). The van der Waals surface area contributed by atoms with Gasteiger partial charge in [0.25, 0.3) is 10.0 Å². The Kier molecular flexibility index (Phi) is 4.74. The van der Waals surface area contributed by atoms with Gasteiger partial charge in [-0.15, -0.1) is 0 Å². The van der Waals surface area contributed by atoms with E-state index in [0.29, 0.717) is 4.31 Å². The van der Waals surface area contributed by atoms with Crippen molar-refractivity contribution < 1.29 is 39.5 Å². The van der Waals surface area contributed by atoms with Gasteiger partial charge in [0.05, 0.1) is 12.8 Å². The van der Waals surface area contributed by atoms with Gasteiger partial charge in [-0.2, -0.15) is 0 Å². The fourth-order valence-corrected chi connectivity index (χ4v) is 4.38. The average Bonchev–Trinajstić information content (AvgIpc) is 3.43. The first-order valence-electron chi connectivity index (χ1n) is 7.50. The Bertz CT molecular complexity index is 994. The number of methoxy groups -OCH3 is 1. The van der Waals surface area contributed by atoms with Gasteiger partial charge in [0.15, 0.2) is 39.7 Å². The van der Waals surface area contributed by atoms with Crippen molar-refractivity contribution in [3.63, 3.8) is 0 Å². The zero-order valence-corrected chi connectivity index (χ0v) is 14.4. The molecule has 1 saturated carbocycles. The van der Waals surface area contributed by atoms with Gasteiger partial charge in [0.2, 0.25) is 5.82 Å². The van der Waals surface area contributed by atoms with Crippen LogP contribution < -0.4 is 9.04 Å². The Morgan fingerprint density at radius 2 is 1.44 bits per heavy atom. The van der Waals surface area contributed by atoms with Crippen LogP contribution in [-0.2, 0) is 10.0 Å². The average molecular weight is 411 g/mol. The van der Waals surface area contributed by atoms with Crippen LogP contribution in [0.15, 0.2) is 23.1 Å².